The molecule has 1 aliphatic rings. The van der Waals surface area contributed by atoms with E-state index in [9.17, 15) is 8.42 Å². The lowest BCUT2D eigenvalue weighted by Crippen LogP contribution is -2.38. The molecule has 1 heterocycles. The van der Waals surface area contributed by atoms with Gasteiger partial charge in [0.25, 0.3) is 0 Å². The van der Waals surface area contributed by atoms with Gasteiger partial charge in [-0.1, -0.05) is 13.8 Å². The lowest BCUT2D eigenvalue weighted by atomic mass is 10.1. The van der Waals surface area contributed by atoms with Crippen LogP contribution in [0.25, 0.3) is 0 Å². The first-order chi connectivity index (χ1) is 9.43. The van der Waals surface area contributed by atoms with Gasteiger partial charge in [-0.05, 0) is 38.0 Å². The fraction of sp³-hybridized carbons (Fsp3) is 0.929. The minimum absolute atomic E-state index is 0.186. The molecule has 118 valence electrons. The molecule has 1 atom stereocenters. The van der Waals surface area contributed by atoms with Crippen molar-refractivity contribution < 1.29 is 8.42 Å². The van der Waals surface area contributed by atoms with Gasteiger partial charge in [0.2, 0.25) is 0 Å². The Morgan fingerprint density at radius 2 is 2.10 bits per heavy atom. The van der Waals surface area contributed by atoms with Crippen LogP contribution < -0.4 is 10.6 Å². The van der Waals surface area contributed by atoms with Gasteiger partial charge in [0.15, 0.2) is 15.8 Å². The maximum atomic E-state index is 11.4. The molecule has 0 amide bonds. The molecule has 0 bridgehead atoms. The van der Waals surface area contributed by atoms with Crippen LogP contribution in [0.2, 0.25) is 0 Å². The van der Waals surface area contributed by atoms with E-state index in [4.69, 9.17) is 0 Å². The third kappa shape index (κ3) is 7.12. The molecule has 5 nitrogen and oxygen atoms in total. The molecule has 1 rings (SSSR count). The Bertz CT molecular complexity index is 405. The summed E-state index contributed by atoms with van der Waals surface area (Å²) in [6.45, 7) is 8.80. The fourth-order valence-corrected chi connectivity index (χ4v) is 4.14. The summed E-state index contributed by atoms with van der Waals surface area (Å²) in [5.41, 5.74) is 0. The van der Waals surface area contributed by atoms with E-state index in [0.717, 1.165) is 37.8 Å². The van der Waals surface area contributed by atoms with Crippen LogP contribution in [0, 0.1) is 11.8 Å². The molecule has 1 fully saturated rings. The van der Waals surface area contributed by atoms with E-state index < -0.39 is 9.84 Å². The van der Waals surface area contributed by atoms with E-state index in [0.29, 0.717) is 18.1 Å². The first-order valence-electron chi connectivity index (χ1n) is 7.65. The molecule has 20 heavy (non-hydrogen) atoms. The number of nitrogens with zero attached hydrogens (tertiary/aromatic N) is 1. The summed E-state index contributed by atoms with van der Waals surface area (Å²) in [7, 11) is -2.80. The highest BCUT2D eigenvalue weighted by Crippen LogP contribution is 2.18. The molecular weight excluding hydrogens is 274 g/mol. The van der Waals surface area contributed by atoms with Crippen LogP contribution in [0.1, 0.15) is 40.0 Å². The minimum atomic E-state index is -2.80. The normalized spacial score (nSPS) is 22.2. The molecule has 0 aromatic rings. The number of nitrogens with one attached hydrogen (secondary N) is 2. The molecule has 2 N–H and O–H groups in total. The lowest BCUT2D eigenvalue weighted by molar-refractivity contribution is 0.548. The maximum Gasteiger partial charge on any atom is 0.191 e. The van der Waals surface area contributed by atoms with Crippen LogP contribution in [0.5, 0.6) is 0 Å². The zero-order chi connectivity index (χ0) is 15.0. The number of sulfone groups is 1. The Labute approximate surface area is 123 Å². The predicted molar refractivity (Wildman–Crippen MR) is 84.8 cm³/mol. The van der Waals surface area contributed by atoms with Crippen molar-refractivity contribution in [3.8, 4) is 0 Å². The molecule has 0 aliphatic carbocycles. The highest BCUT2D eigenvalue weighted by Gasteiger charge is 2.27. The average molecular weight is 303 g/mol. The first kappa shape index (κ1) is 17.3. The third-order valence-corrected chi connectivity index (χ3v) is 5.27. The fourth-order valence-electron chi connectivity index (χ4n) is 2.30. The average Bonchev–Trinajstić information content (AvgIpc) is 2.71. The van der Waals surface area contributed by atoms with Gasteiger partial charge >= 0.3 is 0 Å². The van der Waals surface area contributed by atoms with E-state index in [1.807, 2.05) is 6.92 Å². The number of guanidine groups is 1. The molecular formula is C14H29N3O2S. The summed E-state index contributed by atoms with van der Waals surface area (Å²) in [6.07, 6.45) is 3.08. The Morgan fingerprint density at radius 3 is 2.65 bits per heavy atom. The second kappa shape index (κ2) is 8.49. The second-order valence-corrected chi connectivity index (χ2v) is 8.18. The monoisotopic (exact) mass is 303 g/mol. The van der Waals surface area contributed by atoms with Gasteiger partial charge in [0.1, 0.15) is 0 Å². The zero-order valence-corrected chi connectivity index (χ0v) is 13.8. The Balaban J connectivity index is 2.35. The third-order valence-electron chi connectivity index (χ3n) is 3.43. The molecule has 1 aliphatic heterocycles. The maximum absolute atomic E-state index is 11.4. The van der Waals surface area contributed by atoms with Gasteiger partial charge in [0, 0.05) is 19.6 Å². The van der Waals surface area contributed by atoms with Crippen LogP contribution in [-0.2, 0) is 9.84 Å². The Morgan fingerprint density at radius 1 is 1.35 bits per heavy atom. The molecule has 6 heteroatoms. The van der Waals surface area contributed by atoms with Gasteiger partial charge in [-0.2, -0.15) is 0 Å². The van der Waals surface area contributed by atoms with Crippen LogP contribution in [0.4, 0.5) is 0 Å². The van der Waals surface area contributed by atoms with Crippen molar-refractivity contribution >= 4 is 15.8 Å². The molecule has 0 radical (unpaired) electrons. The summed E-state index contributed by atoms with van der Waals surface area (Å²) in [6, 6.07) is 0. The van der Waals surface area contributed by atoms with Gasteiger partial charge in [0.05, 0.1) is 11.5 Å². The summed E-state index contributed by atoms with van der Waals surface area (Å²) in [4.78, 5) is 4.51. The van der Waals surface area contributed by atoms with E-state index >= 15 is 0 Å². The quantitative estimate of drug-likeness (QED) is 0.424. The second-order valence-electron chi connectivity index (χ2n) is 5.95. The molecule has 1 saturated heterocycles. The van der Waals surface area contributed by atoms with E-state index in [-0.39, 0.29) is 5.92 Å². The van der Waals surface area contributed by atoms with Crippen molar-refractivity contribution in [1.29, 1.82) is 0 Å². The molecule has 1 unspecified atom stereocenters. The van der Waals surface area contributed by atoms with Gasteiger partial charge in [-0.3, -0.25) is 4.99 Å². The Kier molecular flexibility index (Phi) is 7.34. The first-order valence-corrected chi connectivity index (χ1v) is 9.47. The lowest BCUT2D eigenvalue weighted by Gasteiger charge is -2.13. The van der Waals surface area contributed by atoms with Gasteiger partial charge < -0.3 is 10.6 Å². The van der Waals surface area contributed by atoms with Crippen molar-refractivity contribution in [2.24, 2.45) is 16.8 Å². The summed E-state index contributed by atoms with van der Waals surface area (Å²) in [5, 5.41) is 6.52. The van der Waals surface area contributed by atoms with E-state index in [1.165, 1.54) is 6.42 Å². The van der Waals surface area contributed by atoms with Crippen LogP contribution in [-0.4, -0.2) is 45.5 Å². The van der Waals surface area contributed by atoms with Crippen molar-refractivity contribution in [3.63, 3.8) is 0 Å². The SMILES string of the molecule is CCNC(=NCC1CCS(=O)(=O)C1)NCCCC(C)C. The van der Waals surface area contributed by atoms with Crippen LogP contribution in [0.15, 0.2) is 4.99 Å². The molecule has 0 aromatic carbocycles. The molecule has 0 aromatic heterocycles. The largest absolute Gasteiger partial charge is 0.357 e. The standard InChI is InChI=1S/C14H29N3O2S/c1-4-15-14(16-8-5-6-12(2)3)17-10-13-7-9-20(18,19)11-13/h12-13H,4-11H2,1-3H3,(H2,15,16,17). The number of hydrogen-bond donors (Lipinski definition) is 2. The van der Waals surface area contributed by atoms with E-state index in [2.05, 4.69) is 29.5 Å². The van der Waals surface area contributed by atoms with E-state index in [1.54, 1.807) is 0 Å². The Hall–Kier alpha value is -0.780. The topological polar surface area (TPSA) is 70.6 Å². The number of rotatable bonds is 7. The number of aliphatic imine (C=N–C) groups is 1. The van der Waals surface area contributed by atoms with Crippen molar-refractivity contribution in [1.82, 2.24) is 10.6 Å². The predicted octanol–water partition coefficient (Wildman–Crippen LogP) is 1.41. The summed E-state index contributed by atoms with van der Waals surface area (Å²) >= 11 is 0. The minimum Gasteiger partial charge on any atom is -0.357 e. The van der Waals surface area contributed by atoms with Gasteiger partial charge in [-0.15, -0.1) is 0 Å². The zero-order valence-electron chi connectivity index (χ0n) is 13.0. The van der Waals surface area contributed by atoms with Crippen LogP contribution >= 0.6 is 0 Å². The highest BCUT2D eigenvalue weighted by atomic mass is 32.2. The molecule has 0 saturated carbocycles. The smallest absolute Gasteiger partial charge is 0.191 e. The van der Waals surface area contributed by atoms with Crippen molar-refractivity contribution in [2.75, 3.05) is 31.1 Å². The summed E-state index contributed by atoms with van der Waals surface area (Å²) < 4.78 is 22.8. The molecule has 0 spiro atoms. The number of hydrogen-bond acceptors (Lipinski definition) is 3. The highest BCUT2D eigenvalue weighted by molar-refractivity contribution is 7.91. The van der Waals surface area contributed by atoms with Gasteiger partial charge in [-0.25, -0.2) is 8.42 Å². The van der Waals surface area contributed by atoms with Crippen LogP contribution in [0.3, 0.4) is 0 Å². The summed E-state index contributed by atoms with van der Waals surface area (Å²) in [5.74, 6) is 2.33. The van der Waals surface area contributed by atoms with Crippen molar-refractivity contribution in [2.45, 2.75) is 40.0 Å². The van der Waals surface area contributed by atoms with Crippen molar-refractivity contribution in [3.05, 3.63) is 0 Å².